The van der Waals surface area contributed by atoms with E-state index in [4.69, 9.17) is 5.73 Å². The van der Waals surface area contributed by atoms with Gasteiger partial charge in [0.1, 0.15) is 0 Å². The maximum atomic E-state index is 5.72. The average molecular weight is 254 g/mol. The second-order valence-corrected chi connectivity index (χ2v) is 7.31. The Balaban J connectivity index is 2.11. The van der Waals surface area contributed by atoms with E-state index < -0.39 is 0 Å². The Morgan fingerprint density at radius 3 is 2.33 bits per heavy atom. The van der Waals surface area contributed by atoms with Gasteiger partial charge in [0, 0.05) is 6.54 Å². The van der Waals surface area contributed by atoms with Crippen LogP contribution in [0.4, 0.5) is 0 Å². The van der Waals surface area contributed by atoms with E-state index in [-0.39, 0.29) is 0 Å². The van der Waals surface area contributed by atoms with Crippen LogP contribution in [0.25, 0.3) is 0 Å². The summed E-state index contributed by atoms with van der Waals surface area (Å²) in [6, 6.07) is 0. The highest BCUT2D eigenvalue weighted by Gasteiger charge is 2.39. The van der Waals surface area contributed by atoms with Gasteiger partial charge in [-0.3, -0.25) is 0 Å². The summed E-state index contributed by atoms with van der Waals surface area (Å²) in [5.41, 5.74) is 6.81. The van der Waals surface area contributed by atoms with E-state index in [1.54, 1.807) is 0 Å². The molecule has 1 aliphatic carbocycles. The SMILES string of the molecule is CCC1(CNCCCC(CCN)C(C)(C)C)CC1. The van der Waals surface area contributed by atoms with Crippen molar-refractivity contribution in [3.8, 4) is 0 Å². The molecule has 0 heterocycles. The molecule has 108 valence electrons. The first-order valence-corrected chi connectivity index (χ1v) is 7.84. The van der Waals surface area contributed by atoms with E-state index in [2.05, 4.69) is 33.0 Å². The van der Waals surface area contributed by atoms with Crippen LogP contribution in [0.2, 0.25) is 0 Å². The third kappa shape index (κ3) is 5.27. The largest absolute Gasteiger partial charge is 0.330 e. The van der Waals surface area contributed by atoms with Crippen molar-refractivity contribution >= 4 is 0 Å². The fourth-order valence-electron chi connectivity index (χ4n) is 2.87. The molecular formula is C16H34N2. The van der Waals surface area contributed by atoms with Crippen molar-refractivity contribution in [2.24, 2.45) is 22.5 Å². The van der Waals surface area contributed by atoms with Crippen LogP contribution in [-0.2, 0) is 0 Å². The zero-order valence-electron chi connectivity index (χ0n) is 13.0. The number of hydrogen-bond acceptors (Lipinski definition) is 2. The van der Waals surface area contributed by atoms with E-state index in [0.29, 0.717) is 10.8 Å². The molecule has 0 amide bonds. The maximum absolute atomic E-state index is 5.72. The summed E-state index contributed by atoms with van der Waals surface area (Å²) < 4.78 is 0. The minimum absolute atomic E-state index is 0.403. The smallest absolute Gasteiger partial charge is 0.000771 e. The second-order valence-electron chi connectivity index (χ2n) is 7.31. The Labute approximate surface area is 114 Å². The van der Waals surface area contributed by atoms with Crippen molar-refractivity contribution in [3.63, 3.8) is 0 Å². The van der Waals surface area contributed by atoms with Crippen LogP contribution in [0.1, 0.15) is 66.2 Å². The molecule has 1 rings (SSSR count). The Morgan fingerprint density at radius 1 is 1.22 bits per heavy atom. The third-order valence-corrected chi connectivity index (χ3v) is 4.85. The lowest BCUT2D eigenvalue weighted by Crippen LogP contribution is -2.27. The number of hydrogen-bond donors (Lipinski definition) is 2. The molecule has 0 bridgehead atoms. The monoisotopic (exact) mass is 254 g/mol. The molecule has 1 atom stereocenters. The summed E-state index contributed by atoms with van der Waals surface area (Å²) in [5.74, 6) is 0.769. The van der Waals surface area contributed by atoms with Crippen LogP contribution in [0.3, 0.4) is 0 Å². The first-order valence-electron chi connectivity index (χ1n) is 7.84. The maximum Gasteiger partial charge on any atom is 0.000771 e. The summed E-state index contributed by atoms with van der Waals surface area (Å²) in [6.07, 6.45) is 8.00. The molecule has 1 fully saturated rings. The molecule has 0 aromatic carbocycles. The molecule has 0 aromatic heterocycles. The average Bonchev–Trinajstić information content (AvgIpc) is 3.06. The highest BCUT2D eigenvalue weighted by atomic mass is 14.9. The molecule has 2 heteroatoms. The molecular weight excluding hydrogens is 220 g/mol. The van der Waals surface area contributed by atoms with Crippen LogP contribution < -0.4 is 11.1 Å². The van der Waals surface area contributed by atoms with E-state index in [9.17, 15) is 0 Å². The fraction of sp³-hybridized carbons (Fsp3) is 1.00. The normalized spacial score (nSPS) is 19.8. The molecule has 0 aromatic rings. The fourth-order valence-corrected chi connectivity index (χ4v) is 2.87. The zero-order chi connectivity index (χ0) is 13.6. The lowest BCUT2D eigenvalue weighted by Gasteiger charge is -2.30. The van der Waals surface area contributed by atoms with Crippen LogP contribution in [0.15, 0.2) is 0 Å². The first kappa shape index (κ1) is 16.0. The van der Waals surface area contributed by atoms with Gasteiger partial charge in [0.15, 0.2) is 0 Å². The lowest BCUT2D eigenvalue weighted by atomic mass is 9.76. The van der Waals surface area contributed by atoms with Crippen LogP contribution in [-0.4, -0.2) is 19.6 Å². The van der Waals surface area contributed by atoms with Gasteiger partial charge >= 0.3 is 0 Å². The quantitative estimate of drug-likeness (QED) is 0.617. The van der Waals surface area contributed by atoms with E-state index in [1.165, 1.54) is 51.6 Å². The second kappa shape index (κ2) is 6.91. The molecule has 0 radical (unpaired) electrons. The highest BCUT2D eigenvalue weighted by Crippen LogP contribution is 2.47. The predicted octanol–water partition coefficient (Wildman–Crippen LogP) is 3.56. The summed E-state index contributed by atoms with van der Waals surface area (Å²) in [5, 5.41) is 3.66. The number of nitrogens with two attached hydrogens (primary N) is 1. The minimum atomic E-state index is 0.403. The van der Waals surface area contributed by atoms with Crippen molar-refractivity contribution in [2.45, 2.75) is 66.2 Å². The summed E-state index contributed by atoms with van der Waals surface area (Å²) in [7, 11) is 0. The van der Waals surface area contributed by atoms with Crippen LogP contribution >= 0.6 is 0 Å². The van der Waals surface area contributed by atoms with Crippen molar-refractivity contribution < 1.29 is 0 Å². The molecule has 0 aliphatic heterocycles. The van der Waals surface area contributed by atoms with Crippen molar-refractivity contribution in [1.82, 2.24) is 5.32 Å². The molecule has 1 saturated carbocycles. The van der Waals surface area contributed by atoms with Gasteiger partial charge in [-0.25, -0.2) is 0 Å². The number of nitrogens with one attached hydrogen (secondary N) is 1. The predicted molar refractivity (Wildman–Crippen MR) is 80.7 cm³/mol. The van der Waals surface area contributed by atoms with Gasteiger partial charge in [0.2, 0.25) is 0 Å². The topological polar surface area (TPSA) is 38.0 Å². The molecule has 18 heavy (non-hydrogen) atoms. The summed E-state index contributed by atoms with van der Waals surface area (Å²) in [4.78, 5) is 0. The Bertz CT molecular complexity index is 226. The van der Waals surface area contributed by atoms with Crippen molar-refractivity contribution in [3.05, 3.63) is 0 Å². The zero-order valence-corrected chi connectivity index (χ0v) is 13.0. The van der Waals surface area contributed by atoms with E-state index in [1.807, 2.05) is 0 Å². The number of rotatable bonds is 9. The molecule has 3 N–H and O–H groups in total. The molecule has 2 nitrogen and oxygen atoms in total. The van der Waals surface area contributed by atoms with E-state index in [0.717, 1.165) is 12.5 Å². The minimum Gasteiger partial charge on any atom is -0.330 e. The standard InChI is InChI=1S/C16H34N2/c1-5-16(9-10-16)13-18-12-6-7-14(8-11-17)15(2,3)4/h14,18H,5-13,17H2,1-4H3. The molecule has 0 saturated heterocycles. The molecule has 1 aliphatic rings. The van der Waals surface area contributed by atoms with Gasteiger partial charge in [-0.2, -0.15) is 0 Å². The Hall–Kier alpha value is -0.0800. The van der Waals surface area contributed by atoms with Crippen molar-refractivity contribution in [1.29, 1.82) is 0 Å². The molecule has 1 unspecified atom stereocenters. The van der Waals surface area contributed by atoms with Gasteiger partial charge in [0.25, 0.3) is 0 Å². The van der Waals surface area contributed by atoms with Gasteiger partial charge in [-0.1, -0.05) is 27.7 Å². The summed E-state index contributed by atoms with van der Waals surface area (Å²) in [6.45, 7) is 12.6. The van der Waals surface area contributed by atoms with Crippen LogP contribution in [0, 0.1) is 16.7 Å². The van der Waals surface area contributed by atoms with Gasteiger partial charge < -0.3 is 11.1 Å². The van der Waals surface area contributed by atoms with Crippen LogP contribution in [0.5, 0.6) is 0 Å². The first-order chi connectivity index (χ1) is 8.43. The third-order valence-electron chi connectivity index (χ3n) is 4.85. The van der Waals surface area contributed by atoms with Gasteiger partial charge in [-0.05, 0) is 68.4 Å². The highest BCUT2D eigenvalue weighted by molar-refractivity contribution is 4.93. The Morgan fingerprint density at radius 2 is 1.89 bits per heavy atom. The lowest BCUT2D eigenvalue weighted by molar-refractivity contribution is 0.210. The Kier molecular flexibility index (Phi) is 6.13. The van der Waals surface area contributed by atoms with E-state index >= 15 is 0 Å². The molecule has 0 spiro atoms. The van der Waals surface area contributed by atoms with Crippen molar-refractivity contribution in [2.75, 3.05) is 19.6 Å². The van der Waals surface area contributed by atoms with Gasteiger partial charge in [0.05, 0.1) is 0 Å². The summed E-state index contributed by atoms with van der Waals surface area (Å²) >= 11 is 0. The van der Waals surface area contributed by atoms with Gasteiger partial charge in [-0.15, -0.1) is 0 Å².